The molecule has 0 aromatic carbocycles. The maximum Gasteiger partial charge on any atom is 0.0174 e. The lowest BCUT2D eigenvalue weighted by Crippen LogP contribution is -2.31. The third-order valence-corrected chi connectivity index (χ3v) is 3.17. The van der Waals surface area contributed by atoms with E-state index in [1.807, 2.05) is 0 Å². The summed E-state index contributed by atoms with van der Waals surface area (Å²) in [5.74, 6) is 1.82. The normalized spacial score (nSPS) is 39.0. The van der Waals surface area contributed by atoms with Crippen LogP contribution in [-0.2, 0) is 0 Å². The molecule has 0 aliphatic heterocycles. The molecule has 1 fully saturated rings. The van der Waals surface area contributed by atoms with Gasteiger partial charge >= 0.3 is 0 Å². The molecule has 3 unspecified atom stereocenters. The summed E-state index contributed by atoms with van der Waals surface area (Å²) in [5.41, 5.74) is 0. The Bertz CT molecular complexity index is 104. The van der Waals surface area contributed by atoms with Gasteiger partial charge in [-0.05, 0) is 31.1 Å². The van der Waals surface area contributed by atoms with E-state index in [0.717, 1.165) is 11.8 Å². The van der Waals surface area contributed by atoms with E-state index < -0.39 is 0 Å². The molecule has 1 saturated carbocycles. The summed E-state index contributed by atoms with van der Waals surface area (Å²) >= 11 is 4.13. The van der Waals surface area contributed by atoms with Crippen LogP contribution in [0.25, 0.3) is 0 Å². The Morgan fingerprint density at radius 2 is 2.09 bits per heavy atom. The molecule has 0 heterocycles. The van der Waals surface area contributed by atoms with Gasteiger partial charge in [0, 0.05) is 6.04 Å². The molecule has 0 aromatic rings. The smallest absolute Gasteiger partial charge is 0.0174 e. The standard InChI is InChI=1S/C9H19NS/c1-3-8-4-7(2)5-9(6-8)10-11/h7-11H,3-6H2,1-2H3. The molecule has 3 atom stereocenters. The highest BCUT2D eigenvalue weighted by Gasteiger charge is 2.24. The van der Waals surface area contributed by atoms with Crippen LogP contribution in [0.5, 0.6) is 0 Å². The van der Waals surface area contributed by atoms with Crippen LogP contribution in [0.1, 0.15) is 39.5 Å². The van der Waals surface area contributed by atoms with E-state index in [1.54, 1.807) is 0 Å². The second kappa shape index (κ2) is 4.36. The topological polar surface area (TPSA) is 12.0 Å². The molecule has 1 aliphatic carbocycles. The molecular weight excluding hydrogens is 154 g/mol. The van der Waals surface area contributed by atoms with Gasteiger partial charge in [-0.15, -0.1) is 0 Å². The van der Waals surface area contributed by atoms with E-state index in [9.17, 15) is 0 Å². The Labute approximate surface area is 75.5 Å². The summed E-state index contributed by atoms with van der Waals surface area (Å²) in [6.45, 7) is 4.64. The maximum absolute atomic E-state index is 4.13. The zero-order valence-electron chi connectivity index (χ0n) is 7.51. The van der Waals surface area contributed by atoms with E-state index in [0.29, 0.717) is 6.04 Å². The molecule has 0 aromatic heterocycles. The molecule has 66 valence electrons. The molecule has 11 heavy (non-hydrogen) atoms. The fourth-order valence-electron chi connectivity index (χ4n) is 2.18. The van der Waals surface area contributed by atoms with Crippen LogP contribution in [0, 0.1) is 11.8 Å². The lowest BCUT2D eigenvalue weighted by atomic mass is 9.79. The van der Waals surface area contributed by atoms with Crippen LogP contribution in [0.3, 0.4) is 0 Å². The molecule has 0 spiro atoms. The van der Waals surface area contributed by atoms with Crippen LogP contribution in [-0.4, -0.2) is 6.04 Å². The largest absolute Gasteiger partial charge is 0.264 e. The Hall–Kier alpha value is 0.310. The second-order valence-corrected chi connectivity index (χ2v) is 4.17. The van der Waals surface area contributed by atoms with Crippen LogP contribution in [0.4, 0.5) is 0 Å². The average molecular weight is 173 g/mol. The highest BCUT2D eigenvalue weighted by molar-refractivity contribution is 7.78. The van der Waals surface area contributed by atoms with E-state index in [-0.39, 0.29) is 0 Å². The molecular formula is C9H19NS. The molecule has 2 heteroatoms. The van der Waals surface area contributed by atoms with E-state index in [4.69, 9.17) is 0 Å². The van der Waals surface area contributed by atoms with Crippen molar-refractivity contribution in [2.75, 3.05) is 0 Å². The van der Waals surface area contributed by atoms with Gasteiger partial charge in [-0.25, -0.2) is 0 Å². The first-order chi connectivity index (χ1) is 5.26. The van der Waals surface area contributed by atoms with Crippen molar-refractivity contribution in [2.24, 2.45) is 11.8 Å². The van der Waals surface area contributed by atoms with Crippen LogP contribution < -0.4 is 4.72 Å². The van der Waals surface area contributed by atoms with Crippen LogP contribution in [0.15, 0.2) is 0 Å². The molecule has 0 bridgehead atoms. The predicted octanol–water partition coefficient (Wildman–Crippen LogP) is 2.64. The molecule has 1 N–H and O–H groups in total. The highest BCUT2D eigenvalue weighted by atomic mass is 32.1. The van der Waals surface area contributed by atoms with Crippen LogP contribution >= 0.6 is 12.8 Å². The minimum atomic E-state index is 0.659. The van der Waals surface area contributed by atoms with Crippen molar-refractivity contribution in [3.63, 3.8) is 0 Å². The van der Waals surface area contributed by atoms with Crippen molar-refractivity contribution in [3.05, 3.63) is 0 Å². The van der Waals surface area contributed by atoms with Gasteiger partial charge in [-0.2, -0.15) is 0 Å². The van der Waals surface area contributed by atoms with Gasteiger partial charge in [-0.1, -0.05) is 33.1 Å². The fraction of sp³-hybridized carbons (Fsp3) is 1.00. The summed E-state index contributed by atoms with van der Waals surface area (Å²) in [6.07, 6.45) is 5.38. The molecule has 1 nitrogen and oxygen atoms in total. The van der Waals surface area contributed by atoms with Gasteiger partial charge in [0.15, 0.2) is 0 Å². The van der Waals surface area contributed by atoms with Crippen LogP contribution in [0.2, 0.25) is 0 Å². The molecule has 0 radical (unpaired) electrons. The zero-order valence-corrected chi connectivity index (χ0v) is 8.40. The summed E-state index contributed by atoms with van der Waals surface area (Å²) in [6, 6.07) is 0.659. The first-order valence-corrected chi connectivity index (χ1v) is 5.10. The number of rotatable bonds is 2. The first kappa shape index (κ1) is 9.40. The second-order valence-electron chi connectivity index (χ2n) is 3.91. The van der Waals surface area contributed by atoms with Crippen molar-refractivity contribution >= 4 is 12.8 Å². The van der Waals surface area contributed by atoms with Crippen molar-refractivity contribution < 1.29 is 0 Å². The number of thiol groups is 1. The lowest BCUT2D eigenvalue weighted by molar-refractivity contribution is 0.241. The Morgan fingerprint density at radius 3 is 2.64 bits per heavy atom. The number of nitrogens with one attached hydrogen (secondary N) is 1. The van der Waals surface area contributed by atoms with Crippen molar-refractivity contribution in [1.82, 2.24) is 4.72 Å². The SMILES string of the molecule is CCC1CC(C)CC(NS)C1. The Kier molecular flexibility index (Phi) is 3.73. The molecule has 1 aliphatic rings. The van der Waals surface area contributed by atoms with Crippen molar-refractivity contribution in [3.8, 4) is 0 Å². The fourth-order valence-corrected chi connectivity index (χ4v) is 2.40. The monoisotopic (exact) mass is 173 g/mol. The summed E-state index contributed by atoms with van der Waals surface area (Å²) in [4.78, 5) is 0. The highest BCUT2D eigenvalue weighted by Crippen LogP contribution is 2.30. The molecule has 0 saturated heterocycles. The minimum Gasteiger partial charge on any atom is -0.264 e. The maximum atomic E-state index is 4.13. The van der Waals surface area contributed by atoms with Crippen molar-refractivity contribution in [2.45, 2.75) is 45.6 Å². The zero-order chi connectivity index (χ0) is 8.27. The molecule has 0 amide bonds. The van der Waals surface area contributed by atoms with E-state index in [2.05, 4.69) is 31.4 Å². The Balaban J connectivity index is 2.37. The first-order valence-electron chi connectivity index (χ1n) is 4.65. The van der Waals surface area contributed by atoms with E-state index >= 15 is 0 Å². The van der Waals surface area contributed by atoms with Gasteiger partial charge < -0.3 is 0 Å². The number of hydrogen-bond donors (Lipinski definition) is 2. The third-order valence-electron chi connectivity index (χ3n) is 2.80. The summed E-state index contributed by atoms with van der Waals surface area (Å²) in [5, 5.41) is 0. The van der Waals surface area contributed by atoms with Gasteiger partial charge in [0.25, 0.3) is 0 Å². The van der Waals surface area contributed by atoms with E-state index in [1.165, 1.54) is 25.7 Å². The van der Waals surface area contributed by atoms with Gasteiger partial charge in [0.2, 0.25) is 0 Å². The van der Waals surface area contributed by atoms with Gasteiger partial charge in [-0.3, -0.25) is 4.72 Å². The predicted molar refractivity (Wildman–Crippen MR) is 52.7 cm³/mol. The molecule has 1 rings (SSSR count). The summed E-state index contributed by atoms with van der Waals surface area (Å²) < 4.78 is 3.09. The average Bonchev–Trinajstić information content (AvgIpc) is 2.03. The quantitative estimate of drug-likeness (QED) is 0.612. The van der Waals surface area contributed by atoms with Gasteiger partial charge in [0.05, 0.1) is 0 Å². The Morgan fingerprint density at radius 1 is 1.36 bits per heavy atom. The summed E-state index contributed by atoms with van der Waals surface area (Å²) in [7, 11) is 0. The van der Waals surface area contributed by atoms with Gasteiger partial charge in [0.1, 0.15) is 0 Å². The lowest BCUT2D eigenvalue weighted by Gasteiger charge is -2.32. The number of hydrogen-bond acceptors (Lipinski definition) is 2. The minimum absolute atomic E-state index is 0.659. The third kappa shape index (κ3) is 2.68. The van der Waals surface area contributed by atoms with Crippen molar-refractivity contribution in [1.29, 1.82) is 0 Å².